The number of hydrogen-bond donors (Lipinski definition) is 1. The summed E-state index contributed by atoms with van der Waals surface area (Å²) in [6.45, 7) is 1.93. The van der Waals surface area contributed by atoms with Gasteiger partial charge in [-0.25, -0.2) is 9.29 Å². The third-order valence-corrected chi connectivity index (χ3v) is 4.67. The maximum absolute atomic E-state index is 13.5. The van der Waals surface area contributed by atoms with Crippen LogP contribution in [0.15, 0.2) is 48.2 Å². The van der Waals surface area contributed by atoms with E-state index >= 15 is 0 Å². The lowest BCUT2D eigenvalue weighted by Gasteiger charge is -2.20. The Labute approximate surface area is 161 Å². The first kappa shape index (κ1) is 19.1. The molecule has 140 valence electrons. The number of halogens is 2. The van der Waals surface area contributed by atoms with Gasteiger partial charge in [0.15, 0.2) is 0 Å². The van der Waals surface area contributed by atoms with Crippen LogP contribution >= 0.6 is 11.6 Å². The van der Waals surface area contributed by atoms with E-state index in [1.54, 1.807) is 24.1 Å². The molecule has 0 aliphatic carbocycles. The molecule has 0 saturated heterocycles. The number of likely N-dealkylation sites (N-methyl/N-ethyl adjacent to an activating group) is 1. The Bertz CT molecular complexity index is 941. The fourth-order valence-corrected chi connectivity index (χ4v) is 3.15. The van der Waals surface area contributed by atoms with Crippen molar-refractivity contribution in [3.63, 3.8) is 0 Å². The number of carbonyl (C=O) groups excluding carboxylic acids is 2. The zero-order chi connectivity index (χ0) is 19.7. The molecule has 0 atom stereocenters. The quantitative estimate of drug-likeness (QED) is 0.800. The van der Waals surface area contributed by atoms with Crippen molar-refractivity contribution in [3.05, 3.63) is 70.1 Å². The molecular formula is C20H18ClFN2O3. The molecule has 5 nitrogen and oxygen atoms in total. The summed E-state index contributed by atoms with van der Waals surface area (Å²) in [6, 6.07) is 10.9. The number of anilines is 1. The topological polar surface area (TPSA) is 60.9 Å². The minimum atomic E-state index is -0.635. The molecule has 2 aromatic carbocycles. The van der Waals surface area contributed by atoms with Crippen molar-refractivity contribution >= 4 is 34.7 Å². The first-order chi connectivity index (χ1) is 12.8. The second-order valence-corrected chi connectivity index (χ2v) is 6.69. The highest BCUT2D eigenvalue weighted by atomic mass is 35.5. The van der Waals surface area contributed by atoms with Crippen LogP contribution in [0.3, 0.4) is 0 Å². The van der Waals surface area contributed by atoms with Crippen LogP contribution in [0.2, 0.25) is 5.02 Å². The average molecular weight is 389 g/mol. The fourth-order valence-electron chi connectivity index (χ4n) is 2.97. The molecule has 1 N–H and O–H groups in total. The number of amides is 2. The molecule has 0 fully saturated rings. The summed E-state index contributed by atoms with van der Waals surface area (Å²) < 4.78 is 13.5. The van der Waals surface area contributed by atoms with Crippen LogP contribution in [0.4, 0.5) is 10.1 Å². The average Bonchev–Trinajstić information content (AvgIpc) is 2.89. The zero-order valence-electron chi connectivity index (χ0n) is 14.9. The molecule has 3 rings (SSSR count). The van der Waals surface area contributed by atoms with Crippen LogP contribution in [0.1, 0.15) is 11.1 Å². The minimum absolute atomic E-state index is 0.176. The first-order valence-electron chi connectivity index (χ1n) is 8.32. The van der Waals surface area contributed by atoms with E-state index in [2.05, 4.69) is 0 Å². The Morgan fingerprint density at radius 3 is 2.37 bits per heavy atom. The third-order valence-electron chi connectivity index (χ3n) is 4.38. The molecule has 2 amide bonds. The number of nitrogens with zero attached hydrogens (tertiary/aromatic N) is 2. The number of rotatable bonds is 5. The molecule has 0 aromatic heterocycles. The Morgan fingerprint density at radius 1 is 1.11 bits per heavy atom. The van der Waals surface area contributed by atoms with Crippen molar-refractivity contribution in [2.45, 2.75) is 6.92 Å². The van der Waals surface area contributed by atoms with E-state index in [1.165, 1.54) is 12.1 Å². The largest absolute Gasteiger partial charge is 0.395 e. The lowest BCUT2D eigenvalue weighted by molar-refractivity contribution is -0.120. The highest BCUT2D eigenvalue weighted by Crippen LogP contribution is 2.35. The second-order valence-electron chi connectivity index (χ2n) is 6.28. The van der Waals surface area contributed by atoms with Crippen molar-refractivity contribution in [2.75, 3.05) is 25.1 Å². The van der Waals surface area contributed by atoms with Gasteiger partial charge in [-0.15, -0.1) is 0 Å². The monoisotopic (exact) mass is 388 g/mol. The molecule has 0 unspecified atom stereocenters. The van der Waals surface area contributed by atoms with Gasteiger partial charge in [-0.1, -0.05) is 41.4 Å². The lowest BCUT2D eigenvalue weighted by atomic mass is 10.0. The van der Waals surface area contributed by atoms with Crippen LogP contribution < -0.4 is 4.90 Å². The number of benzene rings is 2. The van der Waals surface area contributed by atoms with Gasteiger partial charge in [-0.05, 0) is 30.7 Å². The lowest BCUT2D eigenvalue weighted by Crippen LogP contribution is -2.34. The molecule has 27 heavy (non-hydrogen) atoms. The summed E-state index contributed by atoms with van der Waals surface area (Å²) in [5, 5.41) is 9.08. The van der Waals surface area contributed by atoms with Gasteiger partial charge < -0.3 is 10.0 Å². The van der Waals surface area contributed by atoms with Gasteiger partial charge in [-0.3, -0.25) is 9.59 Å². The van der Waals surface area contributed by atoms with E-state index in [-0.39, 0.29) is 35.1 Å². The van der Waals surface area contributed by atoms with E-state index in [9.17, 15) is 19.1 Å². The van der Waals surface area contributed by atoms with Gasteiger partial charge in [-0.2, -0.15) is 0 Å². The molecular weight excluding hydrogens is 371 g/mol. The summed E-state index contributed by atoms with van der Waals surface area (Å²) in [6.07, 6.45) is 0. The molecule has 0 bridgehead atoms. The first-order valence-corrected chi connectivity index (χ1v) is 8.70. The number of aliphatic hydroxyl groups is 1. The van der Waals surface area contributed by atoms with Crippen LogP contribution in [0.25, 0.3) is 5.57 Å². The standard InChI is InChI=1S/C20H18ClFN2O3/c1-12-3-5-13(6-4-12)17-18(23(2)9-10-25)20(27)24(19(17)26)14-7-8-16(22)15(21)11-14/h3-8,11,25H,9-10H2,1-2H3. The molecule has 1 aliphatic heterocycles. The van der Waals surface area contributed by atoms with E-state index in [0.717, 1.165) is 16.5 Å². The predicted molar refractivity (Wildman–Crippen MR) is 102 cm³/mol. The summed E-state index contributed by atoms with van der Waals surface area (Å²) >= 11 is 5.83. The predicted octanol–water partition coefficient (Wildman–Crippen LogP) is 3.00. The molecule has 0 spiro atoms. The summed E-state index contributed by atoms with van der Waals surface area (Å²) in [7, 11) is 1.63. The van der Waals surface area contributed by atoms with Crippen molar-refractivity contribution in [1.29, 1.82) is 0 Å². The molecule has 1 heterocycles. The van der Waals surface area contributed by atoms with Gasteiger partial charge >= 0.3 is 0 Å². The maximum atomic E-state index is 13.5. The summed E-state index contributed by atoms with van der Waals surface area (Å²) in [4.78, 5) is 28.7. The van der Waals surface area contributed by atoms with Crippen LogP contribution in [0, 0.1) is 12.7 Å². The van der Waals surface area contributed by atoms with E-state index in [0.29, 0.717) is 5.56 Å². The van der Waals surface area contributed by atoms with Gasteiger partial charge in [0, 0.05) is 13.6 Å². The highest BCUT2D eigenvalue weighted by molar-refractivity contribution is 6.45. The highest BCUT2D eigenvalue weighted by Gasteiger charge is 2.41. The third kappa shape index (κ3) is 3.46. The van der Waals surface area contributed by atoms with Gasteiger partial charge in [0.25, 0.3) is 11.8 Å². The normalized spacial score (nSPS) is 14.3. The SMILES string of the molecule is Cc1ccc(C2=C(N(C)CCO)C(=O)N(c3ccc(F)c(Cl)c3)C2=O)cc1. The smallest absolute Gasteiger partial charge is 0.282 e. The number of aliphatic hydroxyl groups excluding tert-OH is 1. The van der Waals surface area contributed by atoms with Crippen LogP contribution in [0.5, 0.6) is 0 Å². The van der Waals surface area contributed by atoms with Crippen molar-refractivity contribution in [1.82, 2.24) is 4.90 Å². The van der Waals surface area contributed by atoms with Crippen LogP contribution in [-0.4, -0.2) is 42.0 Å². The molecule has 0 saturated carbocycles. The Morgan fingerprint density at radius 2 is 1.78 bits per heavy atom. The number of carbonyl (C=O) groups is 2. The van der Waals surface area contributed by atoms with Crippen LogP contribution in [-0.2, 0) is 9.59 Å². The van der Waals surface area contributed by atoms with Crippen molar-refractivity contribution < 1.29 is 19.1 Å². The minimum Gasteiger partial charge on any atom is -0.395 e. The van der Waals surface area contributed by atoms with Gasteiger partial charge in [0.1, 0.15) is 11.5 Å². The van der Waals surface area contributed by atoms with E-state index in [4.69, 9.17) is 11.6 Å². The zero-order valence-corrected chi connectivity index (χ0v) is 15.6. The maximum Gasteiger partial charge on any atom is 0.282 e. The Hall–Kier alpha value is -2.70. The number of hydrogen-bond acceptors (Lipinski definition) is 4. The Balaban J connectivity index is 2.13. The summed E-state index contributed by atoms with van der Waals surface area (Å²) in [5.41, 5.74) is 2.21. The number of imide groups is 1. The molecule has 1 aliphatic rings. The molecule has 2 aromatic rings. The van der Waals surface area contributed by atoms with Crippen molar-refractivity contribution in [3.8, 4) is 0 Å². The van der Waals surface area contributed by atoms with E-state index in [1.807, 2.05) is 19.1 Å². The van der Waals surface area contributed by atoms with E-state index < -0.39 is 17.6 Å². The second kappa shape index (κ2) is 7.50. The molecule has 0 radical (unpaired) electrons. The number of aryl methyl sites for hydroxylation is 1. The van der Waals surface area contributed by atoms with Gasteiger partial charge in [0.05, 0.1) is 22.9 Å². The summed E-state index contributed by atoms with van der Waals surface area (Å²) in [5.74, 6) is -1.70. The van der Waals surface area contributed by atoms with Gasteiger partial charge in [0.2, 0.25) is 0 Å². The molecule has 7 heteroatoms. The fraction of sp³-hybridized carbons (Fsp3) is 0.200. The van der Waals surface area contributed by atoms with Crippen molar-refractivity contribution in [2.24, 2.45) is 0 Å². The Kier molecular flexibility index (Phi) is 5.30.